The minimum absolute atomic E-state index is 0.190. The van der Waals surface area contributed by atoms with Crippen LogP contribution in [0, 0.1) is 0 Å². The van der Waals surface area contributed by atoms with Crippen LogP contribution in [0.3, 0.4) is 0 Å². The number of pyridine rings is 1. The first-order valence-electron chi connectivity index (χ1n) is 7.35. The number of benzene rings is 2. The molecule has 0 unspecified atom stereocenters. The lowest BCUT2D eigenvalue weighted by molar-refractivity contribution is 0.102. The van der Waals surface area contributed by atoms with Crippen LogP contribution in [0.15, 0.2) is 60.8 Å². The molecule has 4 rings (SSSR count). The molecule has 3 aromatic rings. The molecule has 0 bridgehead atoms. The quantitative estimate of drug-likeness (QED) is 0.550. The van der Waals surface area contributed by atoms with Crippen LogP contribution < -0.4 is 5.32 Å². The number of carbonyl (C=O) groups excluding carboxylic acids is 1. The first-order chi connectivity index (χ1) is 11.2. The summed E-state index contributed by atoms with van der Waals surface area (Å²) in [5.74, 6) is -0.190. The van der Waals surface area contributed by atoms with E-state index in [1.165, 1.54) is 28.5 Å². The Morgan fingerprint density at radius 2 is 1.83 bits per heavy atom. The van der Waals surface area contributed by atoms with Gasteiger partial charge in [-0.3, -0.25) is 4.79 Å². The van der Waals surface area contributed by atoms with E-state index < -0.39 is 0 Å². The van der Waals surface area contributed by atoms with E-state index in [-0.39, 0.29) is 5.91 Å². The topological polar surface area (TPSA) is 42.0 Å². The van der Waals surface area contributed by atoms with Gasteiger partial charge in [0.25, 0.3) is 5.91 Å². The number of carbonyl (C=O) groups is 1. The van der Waals surface area contributed by atoms with Crippen LogP contribution in [0.1, 0.15) is 21.5 Å². The molecule has 112 valence electrons. The monoisotopic (exact) mass is 320 g/mol. The fourth-order valence-corrected chi connectivity index (χ4v) is 3.05. The number of aromatic nitrogens is 1. The van der Waals surface area contributed by atoms with Crippen LogP contribution in [0.25, 0.3) is 11.1 Å². The molecule has 2 aromatic carbocycles. The second-order valence-corrected chi connectivity index (χ2v) is 5.92. The maximum atomic E-state index is 12.2. The number of anilines is 1. The summed E-state index contributed by atoms with van der Waals surface area (Å²) in [5, 5.41) is 3.28. The van der Waals surface area contributed by atoms with Gasteiger partial charge in [0.15, 0.2) is 0 Å². The van der Waals surface area contributed by atoms with Crippen LogP contribution in [-0.2, 0) is 6.42 Å². The zero-order chi connectivity index (χ0) is 15.8. The van der Waals surface area contributed by atoms with Crippen LogP contribution in [0.2, 0.25) is 5.15 Å². The molecular weight excluding hydrogens is 308 g/mol. The Morgan fingerprint density at radius 3 is 2.65 bits per heavy atom. The van der Waals surface area contributed by atoms with Crippen molar-refractivity contribution in [1.29, 1.82) is 0 Å². The number of nitrogens with one attached hydrogen (secondary N) is 1. The average molecular weight is 321 g/mol. The highest BCUT2D eigenvalue weighted by Gasteiger charge is 2.18. The second kappa shape index (κ2) is 5.52. The molecule has 1 aliphatic carbocycles. The molecule has 1 heterocycles. The summed E-state index contributed by atoms with van der Waals surface area (Å²) >= 11 is 5.74. The van der Waals surface area contributed by atoms with E-state index >= 15 is 0 Å². The van der Waals surface area contributed by atoms with Crippen LogP contribution in [0.4, 0.5) is 5.69 Å². The molecule has 0 atom stereocenters. The van der Waals surface area contributed by atoms with Gasteiger partial charge in [-0.15, -0.1) is 0 Å². The molecule has 3 nitrogen and oxygen atoms in total. The number of fused-ring (bicyclic) bond motifs is 3. The van der Waals surface area contributed by atoms with Gasteiger partial charge in [0, 0.05) is 11.9 Å². The van der Waals surface area contributed by atoms with E-state index in [1.807, 2.05) is 12.1 Å². The van der Waals surface area contributed by atoms with E-state index in [9.17, 15) is 4.79 Å². The molecule has 1 aliphatic rings. The van der Waals surface area contributed by atoms with E-state index in [0.29, 0.717) is 10.7 Å². The van der Waals surface area contributed by atoms with Crippen molar-refractivity contribution in [3.63, 3.8) is 0 Å². The molecular formula is C19H13ClN2O. The van der Waals surface area contributed by atoms with Gasteiger partial charge in [-0.1, -0.05) is 41.9 Å². The number of halogens is 1. The van der Waals surface area contributed by atoms with Gasteiger partial charge in [0.1, 0.15) is 5.15 Å². The van der Waals surface area contributed by atoms with Crippen molar-refractivity contribution in [2.75, 3.05) is 5.32 Å². The Kier molecular flexibility index (Phi) is 3.36. The number of rotatable bonds is 2. The standard InChI is InChI=1S/C19H13ClN2O/c20-18-8-5-13(11-21-18)19(23)22-15-6-7-17-14(10-15)9-12-3-1-2-4-16(12)17/h1-8,10-11H,9H2,(H,22,23). The molecule has 0 fully saturated rings. The molecule has 0 saturated carbocycles. The predicted molar refractivity (Wildman–Crippen MR) is 91.9 cm³/mol. The van der Waals surface area contributed by atoms with Gasteiger partial charge in [0.05, 0.1) is 5.56 Å². The fourth-order valence-electron chi connectivity index (χ4n) is 2.94. The van der Waals surface area contributed by atoms with Crippen molar-refractivity contribution >= 4 is 23.2 Å². The Bertz CT molecular complexity index is 903. The van der Waals surface area contributed by atoms with Crippen molar-refractivity contribution in [2.24, 2.45) is 0 Å². The van der Waals surface area contributed by atoms with E-state index in [2.05, 4.69) is 40.6 Å². The van der Waals surface area contributed by atoms with Gasteiger partial charge in [-0.05, 0) is 52.9 Å². The zero-order valence-electron chi connectivity index (χ0n) is 12.2. The van der Waals surface area contributed by atoms with Crippen molar-refractivity contribution in [2.45, 2.75) is 6.42 Å². The number of nitrogens with zero attached hydrogens (tertiary/aromatic N) is 1. The Morgan fingerprint density at radius 1 is 1.00 bits per heavy atom. The van der Waals surface area contributed by atoms with Crippen LogP contribution in [0.5, 0.6) is 0 Å². The maximum Gasteiger partial charge on any atom is 0.257 e. The molecule has 1 amide bonds. The van der Waals surface area contributed by atoms with Crippen LogP contribution in [-0.4, -0.2) is 10.9 Å². The Balaban J connectivity index is 1.59. The van der Waals surface area contributed by atoms with Gasteiger partial charge in [0.2, 0.25) is 0 Å². The summed E-state index contributed by atoms with van der Waals surface area (Å²) < 4.78 is 0. The minimum Gasteiger partial charge on any atom is -0.322 e. The summed E-state index contributed by atoms with van der Waals surface area (Å²) in [7, 11) is 0. The number of hydrogen-bond acceptors (Lipinski definition) is 2. The third kappa shape index (κ3) is 2.60. The molecule has 0 saturated heterocycles. The van der Waals surface area contributed by atoms with E-state index in [4.69, 9.17) is 11.6 Å². The molecule has 0 spiro atoms. The lowest BCUT2D eigenvalue weighted by Crippen LogP contribution is -2.12. The molecule has 23 heavy (non-hydrogen) atoms. The summed E-state index contributed by atoms with van der Waals surface area (Å²) in [6.07, 6.45) is 2.37. The summed E-state index contributed by atoms with van der Waals surface area (Å²) in [6, 6.07) is 17.7. The van der Waals surface area contributed by atoms with Gasteiger partial charge < -0.3 is 5.32 Å². The third-order valence-electron chi connectivity index (χ3n) is 4.04. The number of amides is 1. The number of hydrogen-bond donors (Lipinski definition) is 1. The molecule has 0 radical (unpaired) electrons. The summed E-state index contributed by atoms with van der Waals surface area (Å²) in [4.78, 5) is 16.2. The van der Waals surface area contributed by atoms with Crippen molar-refractivity contribution in [1.82, 2.24) is 4.98 Å². The highest BCUT2D eigenvalue weighted by molar-refractivity contribution is 6.29. The summed E-state index contributed by atoms with van der Waals surface area (Å²) in [6.45, 7) is 0. The predicted octanol–water partition coefficient (Wildman–Crippen LogP) is 4.56. The van der Waals surface area contributed by atoms with Crippen molar-refractivity contribution in [3.8, 4) is 11.1 Å². The van der Waals surface area contributed by atoms with Gasteiger partial charge in [-0.25, -0.2) is 4.98 Å². The SMILES string of the molecule is O=C(Nc1ccc2c(c1)Cc1ccccc1-2)c1ccc(Cl)nc1. The van der Waals surface area contributed by atoms with Crippen molar-refractivity contribution in [3.05, 3.63) is 82.6 Å². The second-order valence-electron chi connectivity index (χ2n) is 5.53. The first-order valence-corrected chi connectivity index (χ1v) is 7.72. The zero-order valence-corrected chi connectivity index (χ0v) is 13.0. The Labute approximate surface area is 139 Å². The van der Waals surface area contributed by atoms with Gasteiger partial charge in [-0.2, -0.15) is 0 Å². The first kappa shape index (κ1) is 14.0. The minimum atomic E-state index is -0.190. The smallest absolute Gasteiger partial charge is 0.257 e. The molecule has 0 aliphatic heterocycles. The van der Waals surface area contributed by atoms with E-state index in [1.54, 1.807) is 12.1 Å². The lowest BCUT2D eigenvalue weighted by atomic mass is 10.1. The van der Waals surface area contributed by atoms with Gasteiger partial charge >= 0.3 is 0 Å². The highest BCUT2D eigenvalue weighted by Crippen LogP contribution is 2.37. The van der Waals surface area contributed by atoms with Crippen molar-refractivity contribution < 1.29 is 4.79 Å². The Hall–Kier alpha value is -2.65. The molecule has 1 N–H and O–H groups in total. The maximum absolute atomic E-state index is 12.2. The highest BCUT2D eigenvalue weighted by atomic mass is 35.5. The summed E-state index contributed by atoms with van der Waals surface area (Å²) in [5.41, 5.74) is 6.36. The third-order valence-corrected chi connectivity index (χ3v) is 4.26. The largest absolute Gasteiger partial charge is 0.322 e. The lowest BCUT2D eigenvalue weighted by Gasteiger charge is -2.07. The average Bonchev–Trinajstić information content (AvgIpc) is 2.93. The van der Waals surface area contributed by atoms with Crippen LogP contribution >= 0.6 is 11.6 Å². The normalized spacial score (nSPS) is 11.7. The molecule has 4 heteroatoms. The fraction of sp³-hybridized carbons (Fsp3) is 0.0526. The van der Waals surface area contributed by atoms with E-state index in [0.717, 1.165) is 12.1 Å². The molecule has 1 aromatic heterocycles.